The van der Waals surface area contributed by atoms with Crippen molar-refractivity contribution >= 4 is 5.69 Å². The molecule has 0 spiro atoms. The summed E-state index contributed by atoms with van der Waals surface area (Å²) in [5.41, 5.74) is 7.06. The van der Waals surface area contributed by atoms with E-state index in [0.29, 0.717) is 0 Å². The average Bonchev–Trinajstić information content (AvgIpc) is 2.10. The highest BCUT2D eigenvalue weighted by Crippen LogP contribution is 2.40. The number of aromatic nitrogens is 1. The van der Waals surface area contributed by atoms with Crippen molar-refractivity contribution in [3.63, 3.8) is 0 Å². The van der Waals surface area contributed by atoms with Crippen molar-refractivity contribution in [1.29, 1.82) is 0 Å². The molecule has 0 fully saturated rings. The van der Waals surface area contributed by atoms with Gasteiger partial charge in [-0.1, -0.05) is 41.5 Å². The Balaban J connectivity index is 0.00000361. The van der Waals surface area contributed by atoms with Gasteiger partial charge >= 0.3 is 0 Å². The lowest BCUT2D eigenvalue weighted by Crippen LogP contribution is -3.00. The van der Waals surface area contributed by atoms with Crippen molar-refractivity contribution in [2.45, 2.75) is 66.2 Å². The maximum Gasteiger partial charge on any atom is 0.182 e. The summed E-state index contributed by atoms with van der Waals surface area (Å²) in [5, 5.41) is 0. The van der Waals surface area contributed by atoms with Crippen LogP contribution in [-0.2, 0) is 10.8 Å². The third-order valence-electron chi connectivity index (χ3n) is 3.55. The molecular formula is C17H31IN2. The first kappa shape index (κ1) is 19.7. The van der Waals surface area contributed by atoms with Crippen LogP contribution in [0.15, 0.2) is 0 Å². The molecule has 0 unspecified atom stereocenters. The van der Waals surface area contributed by atoms with Crippen LogP contribution in [0.5, 0.6) is 0 Å². The fourth-order valence-electron chi connectivity index (χ4n) is 3.17. The summed E-state index contributed by atoms with van der Waals surface area (Å²) < 4.78 is 0. The number of anilines is 1. The van der Waals surface area contributed by atoms with Crippen LogP contribution in [0.1, 0.15) is 64.1 Å². The lowest BCUT2D eigenvalue weighted by atomic mass is 9.77. The summed E-state index contributed by atoms with van der Waals surface area (Å²) >= 11 is 0. The number of H-pyrrole nitrogens is 1. The minimum atomic E-state index is 0. The molecular weight excluding hydrogens is 359 g/mol. The van der Waals surface area contributed by atoms with Crippen LogP contribution >= 0.6 is 0 Å². The topological polar surface area (TPSA) is 17.4 Å². The normalized spacial score (nSPS) is 12.1. The lowest BCUT2D eigenvalue weighted by Gasteiger charge is -2.32. The van der Waals surface area contributed by atoms with Gasteiger partial charge in [0.15, 0.2) is 11.4 Å². The molecule has 20 heavy (non-hydrogen) atoms. The molecule has 0 radical (unpaired) electrons. The summed E-state index contributed by atoms with van der Waals surface area (Å²) in [7, 11) is 4.30. The smallest absolute Gasteiger partial charge is 0.182 e. The Hall–Kier alpha value is -0.320. The zero-order valence-corrected chi connectivity index (χ0v) is 17.0. The molecule has 2 nitrogen and oxygen atoms in total. The minimum absolute atomic E-state index is 0. The molecule has 0 saturated heterocycles. The molecule has 0 aromatic carbocycles. The number of halogens is 1. The Morgan fingerprint density at radius 3 is 1.25 bits per heavy atom. The van der Waals surface area contributed by atoms with Crippen molar-refractivity contribution in [2.24, 2.45) is 0 Å². The van der Waals surface area contributed by atoms with Crippen LogP contribution in [0.4, 0.5) is 5.69 Å². The molecule has 1 rings (SSSR count). The predicted octanol–water partition coefficient (Wildman–Crippen LogP) is 0.783. The Morgan fingerprint density at radius 2 is 1.05 bits per heavy atom. The van der Waals surface area contributed by atoms with Gasteiger partial charge in [-0.3, -0.25) is 0 Å². The van der Waals surface area contributed by atoms with E-state index in [2.05, 4.69) is 79.4 Å². The number of hydrogen-bond acceptors (Lipinski definition) is 1. The molecule has 0 aliphatic carbocycles. The van der Waals surface area contributed by atoms with Crippen LogP contribution in [0.3, 0.4) is 0 Å². The first-order valence-electron chi connectivity index (χ1n) is 7.12. The van der Waals surface area contributed by atoms with Gasteiger partial charge in [-0.25, -0.2) is 4.98 Å². The zero-order chi connectivity index (χ0) is 15.2. The second kappa shape index (κ2) is 6.20. The molecule has 0 saturated carbocycles. The third-order valence-corrected chi connectivity index (χ3v) is 3.55. The predicted molar refractivity (Wildman–Crippen MR) is 84.2 cm³/mol. The summed E-state index contributed by atoms with van der Waals surface area (Å²) in [5.74, 6) is 0. The maximum atomic E-state index is 3.59. The zero-order valence-electron chi connectivity index (χ0n) is 14.8. The SMILES string of the molecule is Cc1[nH+]c(C)c(C(C)(C)C)c(N(C)C)c1C(C)(C)C.[I-]. The maximum absolute atomic E-state index is 3.59. The van der Waals surface area contributed by atoms with Gasteiger partial charge in [0.2, 0.25) is 0 Å². The van der Waals surface area contributed by atoms with E-state index < -0.39 is 0 Å². The monoisotopic (exact) mass is 390 g/mol. The van der Waals surface area contributed by atoms with Gasteiger partial charge in [0.25, 0.3) is 0 Å². The van der Waals surface area contributed by atoms with E-state index in [-0.39, 0.29) is 34.8 Å². The van der Waals surface area contributed by atoms with Gasteiger partial charge in [-0.05, 0) is 10.8 Å². The third kappa shape index (κ3) is 3.86. The second-order valence-corrected chi connectivity index (χ2v) is 7.87. The van der Waals surface area contributed by atoms with Gasteiger partial charge in [0.05, 0.1) is 5.69 Å². The lowest BCUT2D eigenvalue weighted by molar-refractivity contribution is -0.399. The molecule has 0 aliphatic heterocycles. The number of aryl methyl sites for hydroxylation is 2. The molecule has 3 heteroatoms. The summed E-state index contributed by atoms with van der Waals surface area (Å²) in [6.07, 6.45) is 0. The minimum Gasteiger partial charge on any atom is -1.00 e. The summed E-state index contributed by atoms with van der Waals surface area (Å²) in [6, 6.07) is 0. The molecule has 0 atom stereocenters. The second-order valence-electron chi connectivity index (χ2n) is 7.87. The Bertz CT molecular complexity index is 439. The Morgan fingerprint density at radius 1 is 0.750 bits per heavy atom. The van der Waals surface area contributed by atoms with E-state index in [1.165, 1.54) is 28.2 Å². The molecule has 1 heterocycles. The van der Waals surface area contributed by atoms with Gasteiger partial charge in [-0.15, -0.1) is 0 Å². The van der Waals surface area contributed by atoms with E-state index in [9.17, 15) is 0 Å². The van der Waals surface area contributed by atoms with Crippen molar-refractivity contribution < 1.29 is 29.0 Å². The first-order valence-corrected chi connectivity index (χ1v) is 7.12. The largest absolute Gasteiger partial charge is 1.00 e. The van der Waals surface area contributed by atoms with Crippen LogP contribution in [0.2, 0.25) is 0 Å². The summed E-state index contributed by atoms with van der Waals surface area (Å²) in [6.45, 7) is 18.1. The molecule has 0 amide bonds. The summed E-state index contributed by atoms with van der Waals surface area (Å²) in [4.78, 5) is 5.86. The van der Waals surface area contributed by atoms with Crippen molar-refractivity contribution in [1.82, 2.24) is 0 Å². The van der Waals surface area contributed by atoms with Crippen molar-refractivity contribution in [3.8, 4) is 0 Å². The van der Waals surface area contributed by atoms with Crippen molar-refractivity contribution in [2.75, 3.05) is 19.0 Å². The van der Waals surface area contributed by atoms with Gasteiger partial charge in [-0.2, -0.15) is 0 Å². The average molecular weight is 390 g/mol. The van der Waals surface area contributed by atoms with Crippen LogP contribution in [0.25, 0.3) is 0 Å². The first-order chi connectivity index (χ1) is 8.37. The standard InChI is InChI=1S/C17H30N2.HI/c1-11-13(16(3,4)5)15(19(9)10)14(12(2)18-11)17(6,7)8;/h1-10H3;1H. The number of nitrogens with one attached hydrogen (secondary N) is 1. The molecule has 1 aromatic heterocycles. The molecule has 0 aliphatic rings. The molecule has 1 aromatic rings. The van der Waals surface area contributed by atoms with Crippen LogP contribution < -0.4 is 33.9 Å². The highest BCUT2D eigenvalue weighted by Gasteiger charge is 2.34. The molecule has 1 N–H and O–H groups in total. The number of aromatic amines is 1. The fraction of sp³-hybridized carbons (Fsp3) is 0.706. The Labute approximate surface area is 142 Å². The molecule has 0 bridgehead atoms. The van der Waals surface area contributed by atoms with E-state index in [0.717, 1.165) is 0 Å². The van der Waals surface area contributed by atoms with Gasteiger partial charge in [0, 0.05) is 39.1 Å². The number of hydrogen-bond donors (Lipinski definition) is 0. The van der Waals surface area contributed by atoms with Crippen LogP contribution in [-0.4, -0.2) is 14.1 Å². The van der Waals surface area contributed by atoms with Crippen molar-refractivity contribution in [3.05, 3.63) is 22.5 Å². The van der Waals surface area contributed by atoms with Gasteiger partial charge < -0.3 is 28.9 Å². The Kier molecular flexibility index (Phi) is 6.10. The molecule has 116 valence electrons. The number of rotatable bonds is 1. The van der Waals surface area contributed by atoms with Crippen LogP contribution in [0, 0.1) is 13.8 Å². The number of nitrogens with zero attached hydrogens (tertiary/aromatic N) is 1. The van der Waals surface area contributed by atoms with E-state index in [4.69, 9.17) is 0 Å². The van der Waals surface area contributed by atoms with E-state index >= 15 is 0 Å². The van der Waals surface area contributed by atoms with E-state index in [1.807, 2.05) is 0 Å². The highest BCUT2D eigenvalue weighted by atomic mass is 127. The fourth-order valence-corrected chi connectivity index (χ4v) is 3.17. The quantitative estimate of drug-likeness (QED) is 0.648. The highest BCUT2D eigenvalue weighted by molar-refractivity contribution is 5.64. The number of pyridine rings is 1. The van der Waals surface area contributed by atoms with Gasteiger partial charge in [0.1, 0.15) is 0 Å². The van der Waals surface area contributed by atoms with E-state index in [1.54, 1.807) is 0 Å².